The molecule has 7 heteroatoms. The molecule has 0 saturated heterocycles. The van der Waals surface area contributed by atoms with Crippen molar-refractivity contribution in [3.05, 3.63) is 33.3 Å². The Hall–Kier alpha value is -1.37. The molecule has 0 saturated carbocycles. The van der Waals surface area contributed by atoms with Gasteiger partial charge in [0.2, 0.25) is 0 Å². The van der Waals surface area contributed by atoms with E-state index in [1.54, 1.807) is 19.2 Å². The lowest BCUT2D eigenvalue weighted by atomic mass is 10.2. The van der Waals surface area contributed by atoms with Crippen molar-refractivity contribution in [2.24, 2.45) is 0 Å². The van der Waals surface area contributed by atoms with E-state index in [1.807, 2.05) is 0 Å². The summed E-state index contributed by atoms with van der Waals surface area (Å²) in [5.74, 6) is 0. The molecule has 2 N–H and O–H groups in total. The predicted octanol–water partition coefficient (Wildman–Crippen LogP) is 1.90. The number of hydrogen-bond acceptors (Lipinski definition) is 5. The number of ether oxygens (including phenoxy) is 1. The Morgan fingerprint density at radius 3 is 2.83 bits per heavy atom. The molecule has 0 aliphatic rings. The zero-order chi connectivity index (χ0) is 13.4. The number of benzene rings is 1. The fourth-order valence-corrected chi connectivity index (χ4v) is 1.65. The molecule has 0 unspecified atom stereocenters. The minimum atomic E-state index is -0.452. The number of hydrogen-bond donors (Lipinski definition) is 2. The Kier molecular flexibility index (Phi) is 6.42. The van der Waals surface area contributed by atoms with Crippen LogP contribution < -0.4 is 10.6 Å². The number of rotatable bonds is 8. The molecule has 0 aromatic heterocycles. The first-order chi connectivity index (χ1) is 8.66. The zero-order valence-electron chi connectivity index (χ0n) is 10.1. The molecule has 1 rings (SSSR count). The zero-order valence-corrected chi connectivity index (χ0v) is 10.9. The molecule has 18 heavy (non-hydrogen) atoms. The van der Waals surface area contributed by atoms with Crippen molar-refractivity contribution in [2.45, 2.75) is 0 Å². The summed E-state index contributed by atoms with van der Waals surface area (Å²) >= 11 is 5.93. The third-order valence-electron chi connectivity index (χ3n) is 2.27. The highest BCUT2D eigenvalue weighted by Crippen LogP contribution is 2.31. The van der Waals surface area contributed by atoms with Gasteiger partial charge in [-0.15, -0.1) is 0 Å². The maximum absolute atomic E-state index is 10.8. The van der Waals surface area contributed by atoms with Crippen LogP contribution in [0.4, 0.5) is 11.4 Å². The maximum Gasteiger partial charge on any atom is 0.293 e. The van der Waals surface area contributed by atoms with Crippen LogP contribution in [-0.2, 0) is 4.74 Å². The van der Waals surface area contributed by atoms with Crippen LogP contribution in [0.2, 0.25) is 5.02 Å². The van der Waals surface area contributed by atoms with Crippen molar-refractivity contribution in [2.75, 3.05) is 38.7 Å². The fourth-order valence-electron chi connectivity index (χ4n) is 1.42. The second-order valence-electron chi connectivity index (χ2n) is 3.56. The van der Waals surface area contributed by atoms with Crippen LogP contribution in [0.1, 0.15) is 0 Å². The summed E-state index contributed by atoms with van der Waals surface area (Å²) in [4.78, 5) is 10.4. The van der Waals surface area contributed by atoms with Crippen molar-refractivity contribution in [3.8, 4) is 0 Å². The van der Waals surface area contributed by atoms with Crippen molar-refractivity contribution < 1.29 is 9.66 Å². The van der Waals surface area contributed by atoms with E-state index in [0.29, 0.717) is 30.4 Å². The van der Waals surface area contributed by atoms with E-state index < -0.39 is 4.92 Å². The third kappa shape index (κ3) is 4.48. The number of para-hydroxylation sites is 1. The normalized spacial score (nSPS) is 10.3. The van der Waals surface area contributed by atoms with Crippen LogP contribution in [-0.4, -0.2) is 38.3 Å². The number of methoxy groups -OCH3 is 1. The predicted molar refractivity (Wildman–Crippen MR) is 71.3 cm³/mol. The monoisotopic (exact) mass is 273 g/mol. The minimum absolute atomic E-state index is 0.0145. The molecular formula is C11H16ClN3O3. The number of nitrogens with one attached hydrogen (secondary N) is 2. The van der Waals surface area contributed by atoms with E-state index in [-0.39, 0.29) is 5.69 Å². The third-order valence-corrected chi connectivity index (χ3v) is 2.59. The largest absolute Gasteiger partial charge is 0.383 e. The van der Waals surface area contributed by atoms with Gasteiger partial charge in [0.25, 0.3) is 5.69 Å². The average molecular weight is 274 g/mol. The lowest BCUT2D eigenvalue weighted by Gasteiger charge is -2.09. The minimum Gasteiger partial charge on any atom is -0.383 e. The lowest BCUT2D eigenvalue weighted by Crippen LogP contribution is -2.25. The number of nitro groups is 1. The van der Waals surface area contributed by atoms with Gasteiger partial charge in [0, 0.05) is 32.8 Å². The molecule has 6 nitrogen and oxygen atoms in total. The van der Waals surface area contributed by atoms with Gasteiger partial charge in [-0.25, -0.2) is 0 Å². The molecule has 0 aliphatic heterocycles. The molecule has 0 heterocycles. The maximum atomic E-state index is 10.8. The van der Waals surface area contributed by atoms with Gasteiger partial charge < -0.3 is 15.4 Å². The van der Waals surface area contributed by atoms with E-state index in [0.717, 1.165) is 6.54 Å². The molecule has 100 valence electrons. The molecule has 0 aliphatic carbocycles. The first-order valence-electron chi connectivity index (χ1n) is 5.53. The van der Waals surface area contributed by atoms with Gasteiger partial charge in [0.1, 0.15) is 5.69 Å². The highest BCUT2D eigenvalue weighted by atomic mass is 35.5. The van der Waals surface area contributed by atoms with E-state index in [4.69, 9.17) is 16.3 Å². The molecule has 0 atom stereocenters. The molecule has 1 aromatic rings. The number of nitrogens with zero attached hydrogens (tertiary/aromatic N) is 1. The van der Waals surface area contributed by atoms with Crippen LogP contribution in [0.5, 0.6) is 0 Å². The molecule has 1 aromatic carbocycles. The Bertz CT molecular complexity index is 401. The van der Waals surface area contributed by atoms with Crippen LogP contribution in [0.15, 0.2) is 18.2 Å². The van der Waals surface area contributed by atoms with E-state index in [1.165, 1.54) is 6.07 Å². The molecular weight excluding hydrogens is 258 g/mol. The first-order valence-corrected chi connectivity index (χ1v) is 5.91. The summed E-state index contributed by atoms with van der Waals surface area (Å²) in [7, 11) is 1.63. The molecule has 0 amide bonds. The Balaban J connectivity index is 2.48. The molecule has 0 fully saturated rings. The summed E-state index contributed by atoms with van der Waals surface area (Å²) in [6, 6.07) is 4.60. The first kappa shape index (κ1) is 14.7. The van der Waals surface area contributed by atoms with Crippen molar-refractivity contribution in [1.29, 1.82) is 0 Å². The number of nitro benzene ring substituents is 1. The molecule has 0 radical (unpaired) electrons. The highest BCUT2D eigenvalue weighted by Gasteiger charge is 2.15. The second kappa shape index (κ2) is 7.86. The van der Waals surface area contributed by atoms with E-state index in [9.17, 15) is 10.1 Å². The summed E-state index contributed by atoms with van der Waals surface area (Å²) in [5.41, 5.74) is 0.345. The summed E-state index contributed by atoms with van der Waals surface area (Å²) < 4.78 is 4.88. The number of anilines is 1. The van der Waals surface area contributed by atoms with Crippen molar-refractivity contribution in [1.82, 2.24) is 5.32 Å². The van der Waals surface area contributed by atoms with Crippen LogP contribution >= 0.6 is 11.6 Å². The Morgan fingerprint density at radius 1 is 1.39 bits per heavy atom. The second-order valence-corrected chi connectivity index (χ2v) is 3.97. The van der Waals surface area contributed by atoms with E-state index >= 15 is 0 Å². The van der Waals surface area contributed by atoms with Gasteiger partial charge in [-0.1, -0.05) is 17.7 Å². The standard InChI is InChI=1S/C11H16ClN3O3/c1-18-8-7-13-5-6-14-11-9(12)3-2-4-10(11)15(16)17/h2-4,13-14H,5-8H2,1H3. The van der Waals surface area contributed by atoms with Crippen LogP contribution in [0.25, 0.3) is 0 Å². The van der Waals surface area contributed by atoms with Gasteiger partial charge in [0.15, 0.2) is 0 Å². The fraction of sp³-hybridized carbons (Fsp3) is 0.455. The average Bonchev–Trinajstić information content (AvgIpc) is 2.34. The van der Waals surface area contributed by atoms with Gasteiger partial charge >= 0.3 is 0 Å². The van der Waals surface area contributed by atoms with Gasteiger partial charge in [0.05, 0.1) is 16.6 Å². The Labute approximate surface area is 110 Å². The summed E-state index contributed by atoms with van der Waals surface area (Å²) in [5, 5.41) is 17.3. The highest BCUT2D eigenvalue weighted by molar-refractivity contribution is 6.33. The van der Waals surface area contributed by atoms with Crippen molar-refractivity contribution >= 4 is 23.0 Å². The quantitative estimate of drug-likeness (QED) is 0.430. The van der Waals surface area contributed by atoms with Crippen molar-refractivity contribution in [3.63, 3.8) is 0 Å². The SMILES string of the molecule is COCCNCCNc1c(Cl)cccc1[N+](=O)[O-]. The Morgan fingerprint density at radius 2 is 2.17 bits per heavy atom. The summed E-state index contributed by atoms with van der Waals surface area (Å²) in [6.07, 6.45) is 0. The van der Waals surface area contributed by atoms with Crippen LogP contribution in [0.3, 0.4) is 0 Å². The van der Waals surface area contributed by atoms with Gasteiger partial charge in [-0.05, 0) is 6.07 Å². The topological polar surface area (TPSA) is 76.4 Å². The van der Waals surface area contributed by atoms with Gasteiger partial charge in [-0.2, -0.15) is 0 Å². The molecule has 0 bridgehead atoms. The smallest absolute Gasteiger partial charge is 0.293 e. The number of halogens is 1. The van der Waals surface area contributed by atoms with E-state index in [2.05, 4.69) is 10.6 Å². The van der Waals surface area contributed by atoms with Crippen LogP contribution in [0, 0.1) is 10.1 Å². The van der Waals surface area contributed by atoms with Gasteiger partial charge in [-0.3, -0.25) is 10.1 Å². The lowest BCUT2D eigenvalue weighted by molar-refractivity contribution is -0.383. The molecule has 0 spiro atoms. The summed E-state index contributed by atoms with van der Waals surface area (Å²) in [6.45, 7) is 2.59.